The second-order valence-electron chi connectivity index (χ2n) is 6.37. The Hall–Kier alpha value is -2.88. The highest BCUT2D eigenvalue weighted by molar-refractivity contribution is 5.95. The topological polar surface area (TPSA) is 38.1 Å². The van der Waals surface area contributed by atoms with Crippen molar-refractivity contribution in [2.75, 3.05) is 6.54 Å². The summed E-state index contributed by atoms with van der Waals surface area (Å²) in [6, 6.07) is 18.2. The molecule has 0 bridgehead atoms. The fourth-order valence-corrected chi connectivity index (χ4v) is 3.70. The van der Waals surface area contributed by atoms with Crippen LogP contribution in [0, 0.1) is 0 Å². The second kappa shape index (κ2) is 6.55. The van der Waals surface area contributed by atoms with Crippen molar-refractivity contribution >= 4 is 5.91 Å². The van der Waals surface area contributed by atoms with Crippen LogP contribution in [0.4, 0.5) is 0 Å². The fourth-order valence-electron chi connectivity index (χ4n) is 3.70. The zero-order valence-electron chi connectivity index (χ0n) is 14.3. The average Bonchev–Trinajstić information content (AvgIpc) is 3.21. The number of carbonyl (C=O) groups is 1. The lowest BCUT2D eigenvalue weighted by Crippen LogP contribution is -2.39. The minimum atomic E-state index is 0.0929. The second-order valence-corrected chi connectivity index (χ2v) is 6.37. The maximum atomic E-state index is 13.2. The normalized spacial score (nSPS) is 16.5. The van der Waals surface area contributed by atoms with E-state index >= 15 is 0 Å². The van der Waals surface area contributed by atoms with Gasteiger partial charge >= 0.3 is 0 Å². The third kappa shape index (κ3) is 2.84. The van der Waals surface area contributed by atoms with Gasteiger partial charge < -0.3 is 4.90 Å². The molecule has 1 unspecified atom stereocenters. The van der Waals surface area contributed by atoms with E-state index in [9.17, 15) is 4.79 Å². The van der Waals surface area contributed by atoms with Gasteiger partial charge in [-0.3, -0.25) is 4.79 Å². The molecular weight excluding hydrogens is 310 g/mol. The van der Waals surface area contributed by atoms with Crippen molar-refractivity contribution in [2.45, 2.75) is 25.8 Å². The molecule has 2 heterocycles. The van der Waals surface area contributed by atoms with Crippen LogP contribution in [0.2, 0.25) is 0 Å². The molecule has 1 amide bonds. The summed E-state index contributed by atoms with van der Waals surface area (Å²) in [6.07, 6.45) is 5.46. The van der Waals surface area contributed by atoms with Gasteiger partial charge in [-0.1, -0.05) is 37.3 Å². The number of nitrogens with zero attached hydrogens (tertiary/aromatic N) is 3. The van der Waals surface area contributed by atoms with Gasteiger partial charge in [-0.25, -0.2) is 4.68 Å². The molecule has 4 rings (SSSR count). The van der Waals surface area contributed by atoms with E-state index in [0.717, 1.165) is 25.1 Å². The number of aromatic nitrogens is 2. The largest absolute Gasteiger partial charge is 0.331 e. The molecule has 1 atom stereocenters. The quantitative estimate of drug-likeness (QED) is 0.727. The molecule has 0 saturated carbocycles. The zero-order chi connectivity index (χ0) is 17.2. The Morgan fingerprint density at radius 2 is 2.04 bits per heavy atom. The third-order valence-electron chi connectivity index (χ3n) is 4.92. The molecule has 0 N–H and O–H groups in total. The maximum absolute atomic E-state index is 13.2. The number of benzene rings is 2. The molecule has 1 aliphatic rings. The van der Waals surface area contributed by atoms with Gasteiger partial charge in [0.15, 0.2) is 0 Å². The van der Waals surface area contributed by atoms with E-state index in [2.05, 4.69) is 36.3 Å². The standard InChI is InChI=1S/C21H21N3O/c1-2-20-19-10-4-3-7-16(19)11-14-23(20)21(25)17-8-5-9-18(15-17)24-13-6-12-22-24/h3-10,12-13,15,20H,2,11,14H2,1H3. The molecule has 4 heteroatoms. The molecular formula is C21H21N3O. The molecule has 0 spiro atoms. The van der Waals surface area contributed by atoms with E-state index in [1.54, 1.807) is 10.9 Å². The van der Waals surface area contributed by atoms with Crippen molar-refractivity contribution in [1.82, 2.24) is 14.7 Å². The van der Waals surface area contributed by atoms with Crippen molar-refractivity contribution in [2.24, 2.45) is 0 Å². The summed E-state index contributed by atoms with van der Waals surface area (Å²) in [7, 11) is 0. The Balaban J connectivity index is 1.66. The molecule has 1 aromatic heterocycles. The van der Waals surface area contributed by atoms with Crippen LogP contribution in [0.5, 0.6) is 0 Å². The Morgan fingerprint density at radius 3 is 2.84 bits per heavy atom. The first kappa shape index (κ1) is 15.6. The van der Waals surface area contributed by atoms with Gasteiger partial charge in [0, 0.05) is 24.5 Å². The predicted octanol–water partition coefficient (Wildman–Crippen LogP) is 4.02. The van der Waals surface area contributed by atoms with Gasteiger partial charge in [-0.2, -0.15) is 5.10 Å². The Bertz CT molecular complexity index is 886. The Kier molecular flexibility index (Phi) is 4.10. The van der Waals surface area contributed by atoms with Crippen molar-refractivity contribution in [3.8, 4) is 5.69 Å². The van der Waals surface area contributed by atoms with Crippen LogP contribution in [0.1, 0.15) is 40.9 Å². The highest BCUT2D eigenvalue weighted by Gasteiger charge is 2.29. The van der Waals surface area contributed by atoms with Crippen LogP contribution in [0.3, 0.4) is 0 Å². The molecule has 126 valence electrons. The van der Waals surface area contributed by atoms with E-state index in [1.807, 2.05) is 41.4 Å². The van der Waals surface area contributed by atoms with Crippen LogP contribution in [0.15, 0.2) is 67.0 Å². The monoisotopic (exact) mass is 331 g/mol. The first-order chi connectivity index (χ1) is 12.3. The molecule has 25 heavy (non-hydrogen) atoms. The molecule has 2 aromatic carbocycles. The molecule has 4 nitrogen and oxygen atoms in total. The summed E-state index contributed by atoms with van der Waals surface area (Å²) < 4.78 is 1.78. The lowest BCUT2D eigenvalue weighted by molar-refractivity contribution is 0.0655. The van der Waals surface area contributed by atoms with Crippen molar-refractivity contribution in [3.05, 3.63) is 83.7 Å². The van der Waals surface area contributed by atoms with Crippen molar-refractivity contribution in [3.63, 3.8) is 0 Å². The zero-order valence-corrected chi connectivity index (χ0v) is 14.3. The van der Waals surface area contributed by atoms with Gasteiger partial charge in [-0.05, 0) is 48.2 Å². The predicted molar refractivity (Wildman–Crippen MR) is 97.8 cm³/mol. The van der Waals surface area contributed by atoms with Crippen molar-refractivity contribution in [1.29, 1.82) is 0 Å². The molecule has 0 saturated heterocycles. The molecule has 0 fully saturated rings. The number of amides is 1. The van der Waals surface area contributed by atoms with Crippen LogP contribution in [-0.4, -0.2) is 27.1 Å². The molecule has 3 aromatic rings. The number of carbonyl (C=O) groups excluding carboxylic acids is 1. The Labute approximate surface area is 147 Å². The summed E-state index contributed by atoms with van der Waals surface area (Å²) in [5, 5.41) is 4.25. The van der Waals surface area contributed by atoms with Gasteiger partial charge in [0.25, 0.3) is 5.91 Å². The van der Waals surface area contributed by atoms with Crippen molar-refractivity contribution < 1.29 is 4.79 Å². The minimum Gasteiger partial charge on any atom is -0.331 e. The van der Waals surface area contributed by atoms with Crippen LogP contribution >= 0.6 is 0 Å². The van der Waals surface area contributed by atoms with Gasteiger partial charge in [0.2, 0.25) is 0 Å². The summed E-state index contributed by atoms with van der Waals surface area (Å²) in [5.74, 6) is 0.0929. The van der Waals surface area contributed by atoms with E-state index in [1.165, 1.54) is 11.1 Å². The number of hydrogen-bond acceptors (Lipinski definition) is 2. The van der Waals surface area contributed by atoms with Crippen LogP contribution in [0.25, 0.3) is 5.69 Å². The summed E-state index contributed by atoms with van der Waals surface area (Å²) in [4.78, 5) is 15.2. The van der Waals surface area contributed by atoms with Crippen LogP contribution < -0.4 is 0 Å². The highest BCUT2D eigenvalue weighted by Crippen LogP contribution is 2.33. The van der Waals surface area contributed by atoms with Crippen LogP contribution in [-0.2, 0) is 6.42 Å². The summed E-state index contributed by atoms with van der Waals surface area (Å²) in [6.45, 7) is 2.91. The van der Waals surface area contributed by atoms with E-state index in [0.29, 0.717) is 5.56 Å². The van der Waals surface area contributed by atoms with Gasteiger partial charge in [0.05, 0.1) is 11.7 Å². The van der Waals surface area contributed by atoms with E-state index < -0.39 is 0 Å². The average molecular weight is 331 g/mol. The number of fused-ring (bicyclic) bond motifs is 1. The first-order valence-electron chi connectivity index (χ1n) is 8.77. The van der Waals surface area contributed by atoms with Gasteiger partial charge in [0.1, 0.15) is 0 Å². The Morgan fingerprint density at radius 1 is 1.16 bits per heavy atom. The minimum absolute atomic E-state index is 0.0929. The lowest BCUT2D eigenvalue weighted by Gasteiger charge is -2.37. The van der Waals surface area contributed by atoms with E-state index in [-0.39, 0.29) is 11.9 Å². The lowest BCUT2D eigenvalue weighted by atomic mass is 9.90. The fraction of sp³-hybridized carbons (Fsp3) is 0.238. The summed E-state index contributed by atoms with van der Waals surface area (Å²) >= 11 is 0. The smallest absolute Gasteiger partial charge is 0.254 e. The molecule has 0 aliphatic carbocycles. The molecule has 1 aliphatic heterocycles. The highest BCUT2D eigenvalue weighted by atomic mass is 16.2. The third-order valence-corrected chi connectivity index (χ3v) is 4.92. The number of rotatable bonds is 3. The van der Waals surface area contributed by atoms with E-state index in [4.69, 9.17) is 0 Å². The maximum Gasteiger partial charge on any atom is 0.254 e. The molecule has 0 radical (unpaired) electrons. The first-order valence-corrected chi connectivity index (χ1v) is 8.77. The SMILES string of the molecule is CCC1c2ccccc2CCN1C(=O)c1cccc(-n2cccn2)c1. The summed E-state index contributed by atoms with van der Waals surface area (Å²) in [5.41, 5.74) is 4.27. The van der Waals surface area contributed by atoms with Gasteiger partial charge in [-0.15, -0.1) is 0 Å². The number of hydrogen-bond donors (Lipinski definition) is 0.